The van der Waals surface area contributed by atoms with Crippen molar-refractivity contribution in [1.82, 2.24) is 9.29 Å². The number of benzene rings is 1. The Balaban J connectivity index is 1.66. The van der Waals surface area contributed by atoms with Crippen LogP contribution in [0.1, 0.15) is 12.1 Å². The van der Waals surface area contributed by atoms with Gasteiger partial charge in [0.15, 0.2) is 0 Å². The molecule has 12 heteroatoms. The molecule has 3 rings (SSSR count). The molecule has 2 atom stereocenters. The maximum Gasteiger partial charge on any atom is 0.336 e. The van der Waals surface area contributed by atoms with Crippen LogP contribution < -0.4 is 15.4 Å². The summed E-state index contributed by atoms with van der Waals surface area (Å²) in [6.45, 7) is 1.77. The second-order valence-corrected chi connectivity index (χ2v) is 8.44. The quantitative estimate of drug-likeness (QED) is 0.548. The zero-order chi connectivity index (χ0) is 22.6. The molecule has 0 aliphatic carbocycles. The van der Waals surface area contributed by atoms with E-state index in [0.717, 1.165) is 22.1 Å². The van der Waals surface area contributed by atoms with Crippen LogP contribution in [0.4, 0.5) is 20.6 Å². The second kappa shape index (κ2) is 9.56. The van der Waals surface area contributed by atoms with Crippen LogP contribution in [0.25, 0.3) is 0 Å². The summed E-state index contributed by atoms with van der Waals surface area (Å²) >= 11 is 0. The number of nitrogens with one attached hydrogen (secondary N) is 2. The van der Waals surface area contributed by atoms with Gasteiger partial charge in [-0.1, -0.05) is 0 Å². The third-order valence-electron chi connectivity index (χ3n) is 4.58. The molecule has 1 aromatic carbocycles. The highest BCUT2D eigenvalue weighted by molar-refractivity contribution is 7.83. The van der Waals surface area contributed by atoms with Crippen molar-refractivity contribution >= 4 is 27.7 Å². The molecule has 1 saturated heterocycles. The first kappa shape index (κ1) is 22.9. The molecule has 10 nitrogen and oxygen atoms in total. The van der Waals surface area contributed by atoms with E-state index in [1.807, 2.05) is 6.92 Å². The van der Waals surface area contributed by atoms with E-state index in [1.165, 1.54) is 19.4 Å². The van der Waals surface area contributed by atoms with Gasteiger partial charge in [-0.3, -0.25) is 9.54 Å². The summed E-state index contributed by atoms with van der Waals surface area (Å²) in [4.78, 5) is 16.2. The van der Waals surface area contributed by atoms with Crippen molar-refractivity contribution < 1.29 is 31.6 Å². The fourth-order valence-corrected chi connectivity index (χ4v) is 4.17. The molecule has 3 N–H and O–H groups in total. The van der Waals surface area contributed by atoms with E-state index >= 15 is 0 Å². The lowest BCUT2D eigenvalue weighted by Crippen LogP contribution is -2.38. The van der Waals surface area contributed by atoms with Gasteiger partial charge >= 0.3 is 16.3 Å². The average Bonchev–Trinajstić information content (AvgIpc) is 3.06. The number of carbonyl (C=O) groups is 1. The Morgan fingerprint density at radius 3 is 2.68 bits per heavy atom. The predicted octanol–water partition coefficient (Wildman–Crippen LogP) is 2.44. The Kier molecular flexibility index (Phi) is 7.05. The fraction of sp³-hybridized carbons (Fsp3) is 0.368. The van der Waals surface area contributed by atoms with Gasteiger partial charge in [-0.15, -0.1) is 0 Å². The smallest absolute Gasteiger partial charge is 0.336 e. The summed E-state index contributed by atoms with van der Waals surface area (Å²) in [5.41, 5.74) is 1.41. The molecule has 1 fully saturated rings. The molecule has 0 radical (unpaired) electrons. The lowest BCUT2D eigenvalue weighted by molar-refractivity contribution is 0.143. The highest BCUT2D eigenvalue weighted by Crippen LogP contribution is 2.27. The first-order chi connectivity index (χ1) is 14.6. The average molecular weight is 454 g/mol. The zero-order valence-corrected chi connectivity index (χ0v) is 17.7. The van der Waals surface area contributed by atoms with Crippen molar-refractivity contribution in [2.45, 2.75) is 25.5 Å². The van der Waals surface area contributed by atoms with Crippen molar-refractivity contribution in [2.24, 2.45) is 0 Å². The Morgan fingerprint density at radius 1 is 1.29 bits per heavy atom. The van der Waals surface area contributed by atoms with E-state index in [4.69, 9.17) is 9.47 Å². The molecular weight excluding hydrogens is 431 g/mol. The summed E-state index contributed by atoms with van der Waals surface area (Å²) < 4.78 is 58.2. The minimum absolute atomic E-state index is 0.0731. The van der Waals surface area contributed by atoms with E-state index in [9.17, 15) is 22.2 Å². The number of anilines is 2. The number of rotatable bonds is 7. The van der Waals surface area contributed by atoms with Crippen LogP contribution in [-0.2, 0) is 15.0 Å². The molecule has 1 aliphatic rings. The summed E-state index contributed by atoms with van der Waals surface area (Å²) in [5, 5.41) is 5.09. The van der Waals surface area contributed by atoms with Gasteiger partial charge in [0.05, 0.1) is 31.1 Å². The number of aryl methyl sites for hydroxylation is 1. The van der Waals surface area contributed by atoms with Gasteiger partial charge in [-0.25, -0.2) is 9.18 Å². The first-order valence-electron chi connectivity index (χ1n) is 9.35. The molecule has 0 spiro atoms. The number of carbonyl (C=O) groups excluding carboxylic acids is 1. The molecule has 0 bridgehead atoms. The number of pyridine rings is 1. The van der Waals surface area contributed by atoms with Crippen LogP contribution in [0.15, 0.2) is 36.5 Å². The van der Waals surface area contributed by atoms with E-state index in [2.05, 4.69) is 15.6 Å². The van der Waals surface area contributed by atoms with Crippen LogP contribution in [-0.4, -0.2) is 60.7 Å². The largest absolute Gasteiger partial charge is 0.489 e. The highest BCUT2D eigenvalue weighted by atomic mass is 32.2. The van der Waals surface area contributed by atoms with Gasteiger partial charge in [-0.2, -0.15) is 12.7 Å². The monoisotopic (exact) mass is 454 g/mol. The zero-order valence-electron chi connectivity index (χ0n) is 16.9. The number of methoxy groups -OCH3 is 1. The second-order valence-electron chi connectivity index (χ2n) is 7.08. The lowest BCUT2D eigenvalue weighted by Gasteiger charge is -2.18. The summed E-state index contributed by atoms with van der Waals surface area (Å²) in [6.07, 6.45) is 1.10. The Bertz CT molecular complexity index is 1030. The molecular formula is C19H23FN4O6S. The maximum absolute atomic E-state index is 14.1. The molecule has 31 heavy (non-hydrogen) atoms. The van der Waals surface area contributed by atoms with Gasteiger partial charge in [0.25, 0.3) is 0 Å². The highest BCUT2D eigenvalue weighted by Gasteiger charge is 2.40. The third kappa shape index (κ3) is 6.34. The van der Waals surface area contributed by atoms with Crippen LogP contribution in [0, 0.1) is 12.7 Å². The summed E-state index contributed by atoms with van der Waals surface area (Å²) in [6, 6.07) is 5.86. The van der Waals surface area contributed by atoms with Crippen molar-refractivity contribution in [1.29, 1.82) is 0 Å². The molecule has 0 saturated carbocycles. The molecule has 2 heterocycles. The summed E-state index contributed by atoms with van der Waals surface area (Å²) in [5.74, 6) is -0.548. The Labute approximate surface area is 179 Å². The minimum Gasteiger partial charge on any atom is -0.489 e. The van der Waals surface area contributed by atoms with Crippen molar-refractivity contribution in [2.75, 3.05) is 30.9 Å². The normalized spacial score (nSPS) is 19.2. The Hall–Kier alpha value is -2.80. The SMILES string of the molecule is COC[C@@H]1C[C@H](Oc2cc(F)cc(NC(=O)Nc3ccc(C)nc3)c2)CN1S(=O)(=O)O. The number of hydrogen-bond donors (Lipinski definition) is 3. The number of hydrogen-bond acceptors (Lipinski definition) is 6. The third-order valence-corrected chi connectivity index (χ3v) is 5.62. The topological polar surface area (TPSA) is 130 Å². The van der Waals surface area contributed by atoms with Gasteiger partial charge in [0, 0.05) is 37.0 Å². The summed E-state index contributed by atoms with van der Waals surface area (Å²) in [7, 11) is -3.02. The molecule has 1 aliphatic heterocycles. The number of aromatic nitrogens is 1. The number of ether oxygens (including phenoxy) is 2. The number of nitrogens with zero attached hydrogens (tertiary/aromatic N) is 2. The lowest BCUT2D eigenvalue weighted by atomic mass is 10.2. The van der Waals surface area contributed by atoms with E-state index in [-0.39, 0.29) is 31.0 Å². The van der Waals surface area contributed by atoms with Crippen molar-refractivity contribution in [3.8, 4) is 5.75 Å². The van der Waals surface area contributed by atoms with E-state index < -0.39 is 34.3 Å². The number of urea groups is 1. The van der Waals surface area contributed by atoms with Gasteiger partial charge in [0.2, 0.25) is 0 Å². The molecule has 1 aromatic heterocycles. The predicted molar refractivity (Wildman–Crippen MR) is 111 cm³/mol. The van der Waals surface area contributed by atoms with Crippen LogP contribution in [0.2, 0.25) is 0 Å². The molecule has 2 aromatic rings. The van der Waals surface area contributed by atoms with Crippen LogP contribution >= 0.6 is 0 Å². The van der Waals surface area contributed by atoms with Gasteiger partial charge in [-0.05, 0) is 25.1 Å². The fourth-order valence-electron chi connectivity index (χ4n) is 3.29. The molecule has 2 amide bonds. The molecule has 0 unspecified atom stereocenters. The van der Waals surface area contributed by atoms with Crippen LogP contribution in [0.3, 0.4) is 0 Å². The number of amides is 2. The Morgan fingerprint density at radius 2 is 2.03 bits per heavy atom. The standard InChI is InChI=1S/C19H23FN4O6S/c1-12-3-4-14(9-21-12)22-19(25)23-15-5-13(20)6-17(7-15)30-18-8-16(11-29-2)24(10-18)31(26,27)28/h3-7,9,16,18H,8,10-11H2,1-2H3,(H2,22,23,25)(H,26,27,28)/t16-,18-/m0/s1. The van der Waals surface area contributed by atoms with Crippen LogP contribution in [0.5, 0.6) is 5.75 Å². The maximum atomic E-state index is 14.1. The van der Waals surface area contributed by atoms with Crippen molar-refractivity contribution in [3.63, 3.8) is 0 Å². The van der Waals surface area contributed by atoms with Gasteiger partial charge < -0.3 is 20.1 Å². The van der Waals surface area contributed by atoms with E-state index in [0.29, 0.717) is 5.69 Å². The van der Waals surface area contributed by atoms with Crippen molar-refractivity contribution in [3.05, 3.63) is 48.0 Å². The van der Waals surface area contributed by atoms with E-state index in [1.54, 1.807) is 12.1 Å². The first-order valence-corrected chi connectivity index (χ1v) is 10.7. The number of halogens is 1. The minimum atomic E-state index is -4.43. The molecule has 168 valence electrons. The van der Waals surface area contributed by atoms with Gasteiger partial charge in [0.1, 0.15) is 17.7 Å².